The van der Waals surface area contributed by atoms with Crippen molar-refractivity contribution in [3.05, 3.63) is 0 Å². The maximum atomic E-state index is 12.1. The molecule has 0 radical (unpaired) electrons. The summed E-state index contributed by atoms with van der Waals surface area (Å²) in [6, 6.07) is 0. The number of phosphoric ester groups is 2. The molecule has 0 spiro atoms. The zero-order chi connectivity index (χ0) is 17.0. The van der Waals surface area contributed by atoms with Crippen LogP contribution in [0.1, 0.15) is 51.9 Å². The molecule has 1 fully saturated rings. The third-order valence-electron chi connectivity index (χ3n) is 3.11. The van der Waals surface area contributed by atoms with Gasteiger partial charge >= 0.3 is 15.6 Å². The summed E-state index contributed by atoms with van der Waals surface area (Å²) in [5, 5.41) is 0. The van der Waals surface area contributed by atoms with Crippen molar-refractivity contribution in [2.45, 2.75) is 51.9 Å². The molecule has 8 nitrogen and oxygen atoms in total. The summed E-state index contributed by atoms with van der Waals surface area (Å²) in [7, 11) is -8.51. The van der Waals surface area contributed by atoms with Crippen LogP contribution < -0.4 is 0 Å². The van der Waals surface area contributed by atoms with Gasteiger partial charge < -0.3 is 9.63 Å². The van der Waals surface area contributed by atoms with Crippen LogP contribution in [0.15, 0.2) is 0 Å². The smallest absolute Gasteiger partial charge is 0.379 e. The molecule has 1 aliphatic heterocycles. The molecule has 2 atom stereocenters. The molecule has 0 amide bonds. The molecule has 23 heavy (non-hydrogen) atoms. The van der Waals surface area contributed by atoms with E-state index >= 15 is 0 Å². The minimum absolute atomic E-state index is 0.00482. The Kier molecular flexibility index (Phi) is 10.8. The maximum Gasteiger partial charge on any atom is 0.483 e. The van der Waals surface area contributed by atoms with E-state index in [0.29, 0.717) is 13.0 Å². The Morgan fingerprint density at radius 1 is 0.957 bits per heavy atom. The second-order valence-electron chi connectivity index (χ2n) is 5.23. The Bertz CT molecular complexity index is 403. The van der Waals surface area contributed by atoms with Gasteiger partial charge in [0.1, 0.15) is 0 Å². The summed E-state index contributed by atoms with van der Waals surface area (Å²) in [4.78, 5) is 9.32. The van der Waals surface area contributed by atoms with Gasteiger partial charge in [-0.2, -0.15) is 4.31 Å². The van der Waals surface area contributed by atoms with E-state index in [1.807, 2.05) is 0 Å². The number of ether oxygens (including phenoxy) is 1. The first-order valence-corrected chi connectivity index (χ1v) is 11.1. The lowest BCUT2D eigenvalue weighted by Gasteiger charge is -2.22. The molecule has 1 heterocycles. The van der Waals surface area contributed by atoms with Crippen LogP contribution in [0, 0.1) is 0 Å². The molecular weight excluding hydrogens is 346 g/mol. The highest BCUT2D eigenvalue weighted by atomic mass is 31.3. The first-order valence-electron chi connectivity index (χ1n) is 8.13. The molecule has 0 aliphatic carbocycles. The number of phosphoric acid groups is 2. The lowest BCUT2D eigenvalue weighted by molar-refractivity contribution is 0.0633. The van der Waals surface area contributed by atoms with Crippen molar-refractivity contribution in [1.29, 1.82) is 0 Å². The second-order valence-corrected chi connectivity index (χ2v) is 8.49. The minimum atomic E-state index is -4.41. The quantitative estimate of drug-likeness (QED) is 0.427. The summed E-state index contributed by atoms with van der Waals surface area (Å²) >= 11 is 0. The van der Waals surface area contributed by atoms with E-state index < -0.39 is 15.6 Å². The highest BCUT2D eigenvalue weighted by Gasteiger charge is 2.39. The average molecular weight is 374 g/mol. The molecule has 0 bridgehead atoms. The second kappa shape index (κ2) is 11.7. The van der Waals surface area contributed by atoms with Crippen molar-refractivity contribution < 1.29 is 36.6 Å². The van der Waals surface area contributed by atoms with E-state index in [0.717, 1.165) is 12.8 Å². The van der Waals surface area contributed by atoms with E-state index in [4.69, 9.17) is 13.8 Å². The van der Waals surface area contributed by atoms with Crippen LogP contribution in [0.2, 0.25) is 0 Å². The van der Waals surface area contributed by atoms with E-state index in [1.54, 1.807) is 0 Å². The molecule has 1 aliphatic rings. The molecule has 0 aromatic rings. The molecule has 10 heteroatoms. The van der Waals surface area contributed by atoms with Crippen molar-refractivity contribution in [2.75, 3.05) is 33.0 Å². The lowest BCUT2D eigenvalue weighted by atomic mass is 10.1. The van der Waals surface area contributed by atoms with Gasteiger partial charge in [-0.3, -0.25) is 13.6 Å². The molecule has 0 saturated carbocycles. The summed E-state index contributed by atoms with van der Waals surface area (Å²) < 4.78 is 47.9. The summed E-state index contributed by atoms with van der Waals surface area (Å²) in [5.74, 6) is 0. The first-order chi connectivity index (χ1) is 11.0. The molecule has 1 saturated heterocycles. The molecule has 0 aromatic heterocycles. The molecule has 138 valence electrons. The Morgan fingerprint density at radius 3 is 2.43 bits per heavy atom. The Balaban J connectivity index is 2.11. The Hall–Kier alpha value is 0.220. The van der Waals surface area contributed by atoms with Gasteiger partial charge in [0.2, 0.25) is 0 Å². The third-order valence-corrected chi connectivity index (χ3v) is 6.25. The number of hydrogen-bond acceptors (Lipinski definition) is 7. The fourth-order valence-corrected chi connectivity index (χ4v) is 4.61. The topological polar surface area (TPSA) is 101 Å². The van der Waals surface area contributed by atoms with Gasteiger partial charge in [0.05, 0.1) is 26.4 Å². The zero-order valence-electron chi connectivity index (χ0n) is 13.7. The summed E-state index contributed by atoms with van der Waals surface area (Å²) in [6.45, 7) is 3.00. The Labute approximate surface area is 138 Å². The van der Waals surface area contributed by atoms with Crippen LogP contribution >= 0.6 is 15.6 Å². The lowest BCUT2D eigenvalue weighted by Crippen LogP contribution is -2.11. The zero-order valence-corrected chi connectivity index (χ0v) is 15.5. The Morgan fingerprint density at radius 2 is 1.65 bits per heavy atom. The predicted octanol–water partition coefficient (Wildman–Crippen LogP) is 4.04. The minimum Gasteiger partial charge on any atom is -0.379 e. The molecule has 1 rings (SSSR count). The van der Waals surface area contributed by atoms with Crippen molar-refractivity contribution >= 4 is 15.6 Å². The standard InChI is InChI=1S/C13H28O8P2/c1-2-3-4-5-6-7-9-17-12-13-20-23(16)19-11-8-10-18-22(14,15)21-23/h2-13H2,1H3,(H,14,15). The summed E-state index contributed by atoms with van der Waals surface area (Å²) in [6.07, 6.45) is 7.36. The molecular formula is C13H28O8P2. The highest BCUT2D eigenvalue weighted by molar-refractivity contribution is 7.61. The molecule has 1 N–H and O–H groups in total. The average Bonchev–Trinajstić information content (AvgIpc) is 2.47. The van der Waals surface area contributed by atoms with Gasteiger partial charge in [0.15, 0.2) is 0 Å². The van der Waals surface area contributed by atoms with Crippen molar-refractivity contribution in [3.63, 3.8) is 0 Å². The fraction of sp³-hybridized carbons (Fsp3) is 1.00. The van der Waals surface area contributed by atoms with E-state index in [-0.39, 0.29) is 26.4 Å². The van der Waals surface area contributed by atoms with Gasteiger partial charge in [-0.25, -0.2) is 9.13 Å². The van der Waals surface area contributed by atoms with E-state index in [1.165, 1.54) is 25.7 Å². The monoisotopic (exact) mass is 374 g/mol. The van der Waals surface area contributed by atoms with Gasteiger partial charge in [-0.05, 0) is 12.8 Å². The van der Waals surface area contributed by atoms with Crippen molar-refractivity contribution in [3.8, 4) is 0 Å². The first kappa shape index (κ1) is 21.3. The van der Waals surface area contributed by atoms with Gasteiger partial charge in [0.25, 0.3) is 0 Å². The summed E-state index contributed by atoms with van der Waals surface area (Å²) in [5.41, 5.74) is 0. The highest BCUT2D eigenvalue weighted by Crippen LogP contribution is 2.64. The molecule has 0 aromatic carbocycles. The van der Waals surface area contributed by atoms with Crippen LogP contribution in [0.25, 0.3) is 0 Å². The fourth-order valence-electron chi connectivity index (χ4n) is 1.94. The normalized spacial score (nSPS) is 29.1. The molecule has 2 unspecified atom stereocenters. The third kappa shape index (κ3) is 10.6. The number of unbranched alkanes of at least 4 members (excludes halogenated alkanes) is 5. The largest absolute Gasteiger partial charge is 0.483 e. The van der Waals surface area contributed by atoms with E-state index in [9.17, 15) is 14.0 Å². The van der Waals surface area contributed by atoms with Crippen molar-refractivity contribution in [2.24, 2.45) is 0 Å². The van der Waals surface area contributed by atoms with Crippen LogP contribution in [0.3, 0.4) is 0 Å². The van der Waals surface area contributed by atoms with E-state index in [2.05, 4.69) is 15.8 Å². The number of rotatable bonds is 11. The number of hydrogen-bond donors (Lipinski definition) is 1. The van der Waals surface area contributed by atoms with Crippen LogP contribution in [-0.4, -0.2) is 37.9 Å². The van der Waals surface area contributed by atoms with Crippen LogP contribution in [-0.2, 0) is 31.7 Å². The van der Waals surface area contributed by atoms with Gasteiger partial charge in [0, 0.05) is 6.61 Å². The predicted molar refractivity (Wildman–Crippen MR) is 85.2 cm³/mol. The van der Waals surface area contributed by atoms with Crippen LogP contribution in [0.4, 0.5) is 0 Å². The maximum absolute atomic E-state index is 12.1. The van der Waals surface area contributed by atoms with Gasteiger partial charge in [-0.1, -0.05) is 39.0 Å². The van der Waals surface area contributed by atoms with Gasteiger partial charge in [-0.15, -0.1) is 0 Å². The van der Waals surface area contributed by atoms with Crippen molar-refractivity contribution in [1.82, 2.24) is 0 Å². The van der Waals surface area contributed by atoms with Crippen LogP contribution in [0.5, 0.6) is 0 Å². The SMILES string of the molecule is CCCCCCCCOCCOP1(=O)OCCCOP(=O)(O)O1.